The highest BCUT2D eigenvalue weighted by atomic mass is 32.2. The van der Waals surface area contributed by atoms with E-state index in [0.29, 0.717) is 34.4 Å². The van der Waals surface area contributed by atoms with Gasteiger partial charge in [-0.3, -0.25) is 0 Å². The lowest BCUT2D eigenvalue weighted by atomic mass is 10.0. The lowest BCUT2D eigenvalue weighted by molar-refractivity contribution is 0.341. The quantitative estimate of drug-likeness (QED) is 0.489. The molecule has 0 bridgehead atoms. The van der Waals surface area contributed by atoms with Gasteiger partial charge in [0.25, 0.3) is 10.0 Å². The molecule has 4 aromatic rings. The first-order chi connectivity index (χ1) is 15.4. The van der Waals surface area contributed by atoms with Crippen LogP contribution >= 0.6 is 0 Å². The number of aromatic nitrogens is 1. The standard InChI is InChI=1S/C24H17N3O4S/c1-2-31-22-6-4-3-5-19(22)23-20-13-17(15-26)9-12-21(20)27(24(23)28)32(29,30)18-10-7-16(14-25)8-11-18/h3-13,28H,2H2,1H3. The van der Waals surface area contributed by atoms with Crippen LogP contribution in [0.15, 0.2) is 71.6 Å². The van der Waals surface area contributed by atoms with Crippen LogP contribution in [0.25, 0.3) is 22.0 Å². The summed E-state index contributed by atoms with van der Waals surface area (Å²) in [5.74, 6) is -0.0194. The highest BCUT2D eigenvalue weighted by Gasteiger charge is 2.29. The minimum Gasteiger partial charge on any atom is -0.493 e. The normalized spacial score (nSPS) is 11.1. The van der Waals surface area contributed by atoms with Crippen molar-refractivity contribution in [1.29, 1.82) is 10.5 Å². The molecule has 4 rings (SSSR count). The number of hydrogen-bond donors (Lipinski definition) is 1. The second-order valence-electron chi connectivity index (χ2n) is 6.88. The summed E-state index contributed by atoms with van der Waals surface area (Å²) in [5.41, 5.74) is 1.60. The molecule has 0 aliphatic heterocycles. The Hall–Kier alpha value is -4.27. The molecular formula is C24H17N3O4S. The number of fused-ring (bicyclic) bond motifs is 1. The van der Waals surface area contributed by atoms with Gasteiger partial charge in [-0.2, -0.15) is 10.5 Å². The summed E-state index contributed by atoms with van der Waals surface area (Å²) in [6.45, 7) is 2.20. The monoisotopic (exact) mass is 443 g/mol. The van der Waals surface area contributed by atoms with Crippen molar-refractivity contribution >= 4 is 20.9 Å². The van der Waals surface area contributed by atoms with Gasteiger partial charge in [0.05, 0.1) is 45.8 Å². The van der Waals surface area contributed by atoms with E-state index in [9.17, 15) is 18.8 Å². The fraction of sp³-hybridized carbons (Fsp3) is 0.0833. The number of para-hydroxylation sites is 1. The molecule has 1 aromatic heterocycles. The molecule has 8 heteroatoms. The van der Waals surface area contributed by atoms with Crippen LogP contribution in [-0.2, 0) is 10.0 Å². The zero-order valence-electron chi connectivity index (χ0n) is 17.0. The van der Waals surface area contributed by atoms with Gasteiger partial charge in [0.15, 0.2) is 0 Å². The van der Waals surface area contributed by atoms with Crippen molar-refractivity contribution in [3.8, 4) is 34.9 Å². The van der Waals surface area contributed by atoms with E-state index >= 15 is 0 Å². The molecule has 0 atom stereocenters. The molecule has 3 aromatic carbocycles. The third-order valence-electron chi connectivity index (χ3n) is 5.01. The molecule has 0 aliphatic carbocycles. The number of nitriles is 2. The molecule has 0 fully saturated rings. The van der Waals surface area contributed by atoms with E-state index in [1.165, 1.54) is 42.5 Å². The van der Waals surface area contributed by atoms with Gasteiger partial charge in [0.2, 0.25) is 5.88 Å². The highest BCUT2D eigenvalue weighted by molar-refractivity contribution is 7.90. The van der Waals surface area contributed by atoms with Crippen LogP contribution in [0.3, 0.4) is 0 Å². The molecule has 0 aliphatic rings. The molecule has 7 nitrogen and oxygen atoms in total. The SMILES string of the molecule is CCOc1ccccc1-c1c(O)n(S(=O)(=O)c2ccc(C#N)cc2)c2ccc(C#N)cc12. The third kappa shape index (κ3) is 3.33. The van der Waals surface area contributed by atoms with Crippen molar-refractivity contribution in [1.82, 2.24) is 3.97 Å². The summed E-state index contributed by atoms with van der Waals surface area (Å²) in [5, 5.41) is 30.0. The van der Waals surface area contributed by atoms with Crippen molar-refractivity contribution < 1.29 is 18.3 Å². The summed E-state index contributed by atoms with van der Waals surface area (Å²) in [6, 6.07) is 20.9. The number of aromatic hydroxyl groups is 1. The van der Waals surface area contributed by atoms with E-state index in [-0.39, 0.29) is 16.0 Å². The second-order valence-corrected chi connectivity index (χ2v) is 8.66. The maximum Gasteiger partial charge on any atom is 0.271 e. The minimum absolute atomic E-state index is 0.0855. The van der Waals surface area contributed by atoms with Crippen LogP contribution in [0.5, 0.6) is 11.6 Å². The topological polar surface area (TPSA) is 116 Å². The molecule has 0 saturated carbocycles. The van der Waals surface area contributed by atoms with Crippen LogP contribution in [0, 0.1) is 22.7 Å². The summed E-state index contributed by atoms with van der Waals surface area (Å²) in [4.78, 5) is -0.0855. The summed E-state index contributed by atoms with van der Waals surface area (Å²) >= 11 is 0. The predicted molar refractivity (Wildman–Crippen MR) is 119 cm³/mol. The first kappa shape index (κ1) is 21.0. The fourth-order valence-corrected chi connectivity index (χ4v) is 5.02. The lowest BCUT2D eigenvalue weighted by Crippen LogP contribution is -2.12. The van der Waals surface area contributed by atoms with Crippen molar-refractivity contribution in [2.75, 3.05) is 6.61 Å². The summed E-state index contributed by atoms with van der Waals surface area (Å²) in [7, 11) is -4.22. The number of ether oxygens (including phenoxy) is 1. The number of hydrogen-bond acceptors (Lipinski definition) is 6. The maximum absolute atomic E-state index is 13.5. The summed E-state index contributed by atoms with van der Waals surface area (Å²) < 4.78 is 33.5. The zero-order chi connectivity index (χ0) is 22.9. The predicted octanol–water partition coefficient (Wildman–Crippen LogP) is 4.39. The molecule has 158 valence electrons. The van der Waals surface area contributed by atoms with Crippen molar-refractivity contribution in [2.24, 2.45) is 0 Å². The molecule has 0 spiro atoms. The maximum atomic E-state index is 13.5. The van der Waals surface area contributed by atoms with Gasteiger partial charge in [0.1, 0.15) is 5.75 Å². The molecule has 0 saturated heterocycles. The summed E-state index contributed by atoms with van der Waals surface area (Å²) in [6.07, 6.45) is 0. The van der Waals surface area contributed by atoms with Crippen molar-refractivity contribution in [3.63, 3.8) is 0 Å². The average Bonchev–Trinajstić information content (AvgIpc) is 3.11. The molecule has 0 amide bonds. The van der Waals surface area contributed by atoms with E-state index < -0.39 is 15.9 Å². The van der Waals surface area contributed by atoms with E-state index in [2.05, 4.69) is 0 Å². The van der Waals surface area contributed by atoms with E-state index in [1.54, 1.807) is 24.3 Å². The van der Waals surface area contributed by atoms with Gasteiger partial charge in [0, 0.05) is 10.9 Å². The van der Waals surface area contributed by atoms with Crippen LogP contribution < -0.4 is 4.74 Å². The molecular weight excluding hydrogens is 426 g/mol. The smallest absolute Gasteiger partial charge is 0.271 e. The van der Waals surface area contributed by atoms with Gasteiger partial charge in [-0.15, -0.1) is 0 Å². The number of benzene rings is 3. The Bertz CT molecular complexity index is 1520. The fourth-order valence-electron chi connectivity index (χ4n) is 3.59. The Labute approximate surface area is 185 Å². The molecule has 0 unspecified atom stereocenters. The Morgan fingerprint density at radius 1 is 0.969 bits per heavy atom. The van der Waals surface area contributed by atoms with Crippen molar-refractivity contribution in [3.05, 3.63) is 77.9 Å². The zero-order valence-corrected chi connectivity index (χ0v) is 17.8. The third-order valence-corrected chi connectivity index (χ3v) is 6.73. The number of nitrogens with zero attached hydrogens (tertiary/aromatic N) is 3. The van der Waals surface area contributed by atoms with E-state index in [1.807, 2.05) is 19.1 Å². The largest absolute Gasteiger partial charge is 0.493 e. The Kier molecular flexibility index (Phi) is 5.31. The van der Waals surface area contributed by atoms with Crippen LogP contribution in [0.1, 0.15) is 18.1 Å². The molecule has 1 heterocycles. The number of rotatable bonds is 5. The van der Waals surface area contributed by atoms with Crippen molar-refractivity contribution in [2.45, 2.75) is 11.8 Å². The van der Waals surface area contributed by atoms with E-state index in [0.717, 1.165) is 3.97 Å². The molecule has 32 heavy (non-hydrogen) atoms. The van der Waals surface area contributed by atoms with Gasteiger partial charge in [-0.25, -0.2) is 12.4 Å². The van der Waals surface area contributed by atoms with Crippen LogP contribution in [-0.4, -0.2) is 24.1 Å². The second kappa shape index (κ2) is 8.10. The van der Waals surface area contributed by atoms with Gasteiger partial charge < -0.3 is 9.84 Å². The van der Waals surface area contributed by atoms with Crippen LogP contribution in [0.4, 0.5) is 0 Å². The Morgan fingerprint density at radius 3 is 2.28 bits per heavy atom. The molecule has 0 radical (unpaired) electrons. The Morgan fingerprint density at radius 2 is 1.62 bits per heavy atom. The van der Waals surface area contributed by atoms with E-state index in [4.69, 9.17) is 10.00 Å². The average molecular weight is 443 g/mol. The minimum atomic E-state index is -4.22. The van der Waals surface area contributed by atoms with Gasteiger partial charge in [-0.05, 0) is 55.5 Å². The van der Waals surface area contributed by atoms with Gasteiger partial charge >= 0.3 is 0 Å². The van der Waals surface area contributed by atoms with Crippen LogP contribution in [0.2, 0.25) is 0 Å². The first-order valence-electron chi connectivity index (χ1n) is 9.67. The Balaban J connectivity index is 2.07. The lowest BCUT2D eigenvalue weighted by Gasteiger charge is -2.11. The molecule has 1 N–H and O–H groups in total. The first-order valence-corrected chi connectivity index (χ1v) is 11.1. The van der Waals surface area contributed by atoms with Gasteiger partial charge in [-0.1, -0.05) is 18.2 Å². The highest BCUT2D eigenvalue weighted by Crippen LogP contribution is 2.45.